The van der Waals surface area contributed by atoms with E-state index in [0.29, 0.717) is 28.9 Å². The first-order valence-electron chi connectivity index (χ1n) is 10.1. The number of halogens is 1. The lowest BCUT2D eigenvalue weighted by Crippen LogP contribution is -2.52. The molecule has 1 fully saturated rings. The fraction of sp³-hybridized carbons (Fsp3) is 0.409. The highest BCUT2D eigenvalue weighted by atomic mass is 35.5. The topological polar surface area (TPSA) is 75.4 Å². The van der Waals surface area contributed by atoms with Crippen molar-refractivity contribution < 1.29 is 14.0 Å². The predicted octanol–water partition coefficient (Wildman–Crippen LogP) is 4.70. The van der Waals surface area contributed by atoms with Crippen molar-refractivity contribution in [1.29, 1.82) is 0 Å². The number of nitrogens with zero attached hydrogens (tertiary/aromatic N) is 2. The Kier molecular flexibility index (Phi) is 6.11. The molecule has 1 N–H and O–H groups in total. The largest absolute Gasteiger partial charge is 0.440 e. The van der Waals surface area contributed by atoms with Gasteiger partial charge < -0.3 is 14.6 Å². The minimum atomic E-state index is -0.539. The third-order valence-corrected chi connectivity index (χ3v) is 6.59. The Balaban J connectivity index is 1.40. The molecule has 0 spiro atoms. The molecule has 0 saturated carbocycles. The van der Waals surface area contributed by atoms with Crippen molar-refractivity contribution in [2.24, 2.45) is 5.92 Å². The molecular weight excluding hydrogens is 422 g/mol. The zero-order chi connectivity index (χ0) is 21.3. The quantitative estimate of drug-likeness (QED) is 0.617. The number of piperidine rings is 1. The number of fused-ring (bicyclic) bond motifs is 1. The van der Waals surface area contributed by atoms with Gasteiger partial charge in [0.05, 0.1) is 4.88 Å². The molecule has 2 amide bonds. The highest BCUT2D eigenvalue weighted by molar-refractivity contribution is 7.12. The minimum absolute atomic E-state index is 0.000855. The van der Waals surface area contributed by atoms with E-state index in [1.165, 1.54) is 11.3 Å². The van der Waals surface area contributed by atoms with Crippen LogP contribution in [0.15, 0.2) is 40.1 Å². The lowest BCUT2D eigenvalue weighted by Gasteiger charge is -2.34. The van der Waals surface area contributed by atoms with Gasteiger partial charge in [0.25, 0.3) is 5.91 Å². The van der Waals surface area contributed by atoms with E-state index >= 15 is 0 Å². The zero-order valence-corrected chi connectivity index (χ0v) is 18.5. The lowest BCUT2D eigenvalue weighted by atomic mass is 9.95. The number of carbonyl (C=O) groups excluding carboxylic acids is 2. The average Bonchev–Trinajstić information content (AvgIpc) is 3.41. The Morgan fingerprint density at radius 2 is 2.03 bits per heavy atom. The van der Waals surface area contributed by atoms with Crippen molar-refractivity contribution in [1.82, 2.24) is 15.2 Å². The van der Waals surface area contributed by atoms with E-state index < -0.39 is 6.04 Å². The molecule has 1 aliphatic heterocycles. The number of aromatic nitrogens is 1. The molecule has 1 atom stereocenters. The first kappa shape index (κ1) is 20.9. The summed E-state index contributed by atoms with van der Waals surface area (Å²) in [6.07, 6.45) is 1.55. The number of benzene rings is 1. The molecule has 4 rings (SSSR count). The molecule has 0 radical (unpaired) electrons. The smallest absolute Gasteiger partial charge is 0.262 e. The summed E-state index contributed by atoms with van der Waals surface area (Å²) in [5.74, 6) is 0.639. The van der Waals surface area contributed by atoms with Crippen molar-refractivity contribution >= 4 is 45.9 Å². The summed E-state index contributed by atoms with van der Waals surface area (Å²) in [5, 5.41) is 5.40. The number of rotatable bonds is 5. The maximum atomic E-state index is 13.1. The first-order valence-corrected chi connectivity index (χ1v) is 11.4. The predicted molar refractivity (Wildman–Crippen MR) is 118 cm³/mol. The molecule has 1 saturated heterocycles. The fourth-order valence-corrected chi connectivity index (χ4v) is 4.56. The number of carbonyl (C=O) groups is 2. The number of nitrogens with one attached hydrogen (secondary N) is 1. The van der Waals surface area contributed by atoms with Gasteiger partial charge >= 0.3 is 0 Å². The van der Waals surface area contributed by atoms with Crippen LogP contribution in [0.2, 0.25) is 5.02 Å². The van der Waals surface area contributed by atoms with Gasteiger partial charge in [-0.05, 0) is 48.4 Å². The van der Waals surface area contributed by atoms with E-state index in [9.17, 15) is 9.59 Å². The summed E-state index contributed by atoms with van der Waals surface area (Å²) < 4.78 is 5.91. The molecule has 1 aliphatic rings. The van der Waals surface area contributed by atoms with E-state index in [1.54, 1.807) is 18.2 Å². The number of hydrogen-bond acceptors (Lipinski definition) is 5. The first-order chi connectivity index (χ1) is 14.4. The van der Waals surface area contributed by atoms with Crippen molar-refractivity contribution in [3.05, 3.63) is 51.5 Å². The molecule has 1 unspecified atom stereocenters. The zero-order valence-electron chi connectivity index (χ0n) is 16.9. The van der Waals surface area contributed by atoms with Gasteiger partial charge in [0.2, 0.25) is 5.91 Å². The molecular formula is C22H24ClN3O3S. The molecule has 158 valence electrons. The second-order valence-electron chi connectivity index (χ2n) is 7.94. The van der Waals surface area contributed by atoms with Gasteiger partial charge in [-0.15, -0.1) is 11.3 Å². The van der Waals surface area contributed by atoms with Crippen LogP contribution in [-0.2, 0) is 4.79 Å². The summed E-state index contributed by atoms with van der Waals surface area (Å²) in [7, 11) is 0. The minimum Gasteiger partial charge on any atom is -0.440 e. The van der Waals surface area contributed by atoms with E-state index in [4.69, 9.17) is 16.0 Å². The monoisotopic (exact) mass is 445 g/mol. The standard InChI is InChI=1S/C22H24ClN3O3S/c1-13(2)19(25-20(27)18-4-3-11-30-18)22(28)26-9-7-14(8-10-26)21-24-16-12-15(23)5-6-17(16)29-21/h3-6,11-14,19H,7-10H2,1-2H3,(H,25,27). The summed E-state index contributed by atoms with van der Waals surface area (Å²) in [5.41, 5.74) is 1.48. The number of amides is 2. The summed E-state index contributed by atoms with van der Waals surface area (Å²) >= 11 is 7.41. The van der Waals surface area contributed by atoms with Crippen LogP contribution >= 0.6 is 22.9 Å². The van der Waals surface area contributed by atoms with Crippen molar-refractivity contribution in [3.63, 3.8) is 0 Å². The molecule has 30 heavy (non-hydrogen) atoms. The molecule has 6 nitrogen and oxygen atoms in total. The van der Waals surface area contributed by atoms with E-state index in [0.717, 1.165) is 23.9 Å². The van der Waals surface area contributed by atoms with Gasteiger partial charge in [-0.1, -0.05) is 31.5 Å². The molecule has 8 heteroatoms. The second-order valence-corrected chi connectivity index (χ2v) is 9.32. The number of hydrogen-bond donors (Lipinski definition) is 1. The van der Waals surface area contributed by atoms with Gasteiger partial charge in [0.15, 0.2) is 11.5 Å². The molecule has 0 bridgehead atoms. The van der Waals surface area contributed by atoms with Gasteiger partial charge in [-0.25, -0.2) is 4.98 Å². The van der Waals surface area contributed by atoms with Crippen LogP contribution in [0.25, 0.3) is 11.1 Å². The van der Waals surface area contributed by atoms with E-state index in [-0.39, 0.29) is 23.7 Å². The molecule has 1 aromatic carbocycles. The Morgan fingerprint density at radius 3 is 2.70 bits per heavy atom. The van der Waals surface area contributed by atoms with Crippen molar-refractivity contribution in [3.8, 4) is 0 Å². The van der Waals surface area contributed by atoms with Crippen LogP contribution in [-0.4, -0.2) is 40.8 Å². The average molecular weight is 446 g/mol. The van der Waals surface area contributed by atoms with Crippen molar-refractivity contribution in [2.45, 2.75) is 38.6 Å². The van der Waals surface area contributed by atoms with Crippen molar-refractivity contribution in [2.75, 3.05) is 13.1 Å². The SMILES string of the molecule is CC(C)C(NC(=O)c1cccs1)C(=O)N1CCC(c2nc3cc(Cl)ccc3o2)CC1. The Hall–Kier alpha value is -2.38. The summed E-state index contributed by atoms with van der Waals surface area (Å²) in [6.45, 7) is 5.13. The number of likely N-dealkylation sites (tertiary alicyclic amines) is 1. The van der Waals surface area contributed by atoms with Gasteiger partial charge in [-0.3, -0.25) is 9.59 Å². The number of oxazole rings is 1. The Labute approximate surface area is 184 Å². The maximum Gasteiger partial charge on any atom is 0.262 e. The molecule has 0 aliphatic carbocycles. The van der Waals surface area contributed by atoms with Crippen LogP contribution in [0.4, 0.5) is 0 Å². The lowest BCUT2D eigenvalue weighted by molar-refractivity contribution is -0.135. The van der Waals surface area contributed by atoms with Gasteiger partial charge in [-0.2, -0.15) is 0 Å². The summed E-state index contributed by atoms with van der Waals surface area (Å²) in [4.78, 5) is 32.6. The van der Waals surface area contributed by atoms with Crippen LogP contribution < -0.4 is 5.32 Å². The van der Waals surface area contributed by atoms with Crippen LogP contribution in [0, 0.1) is 5.92 Å². The van der Waals surface area contributed by atoms with Crippen LogP contribution in [0.3, 0.4) is 0 Å². The third kappa shape index (κ3) is 4.37. The van der Waals surface area contributed by atoms with Gasteiger partial charge in [0.1, 0.15) is 11.6 Å². The third-order valence-electron chi connectivity index (χ3n) is 5.49. The maximum absolute atomic E-state index is 13.1. The number of thiophene rings is 1. The summed E-state index contributed by atoms with van der Waals surface area (Å²) in [6, 6.07) is 8.47. The van der Waals surface area contributed by atoms with E-state index in [1.807, 2.05) is 36.3 Å². The Bertz CT molecular complexity index is 1040. The molecule has 3 heterocycles. The van der Waals surface area contributed by atoms with E-state index in [2.05, 4.69) is 10.3 Å². The molecule has 3 aromatic rings. The second kappa shape index (κ2) is 8.78. The van der Waals surface area contributed by atoms with Crippen LogP contribution in [0.1, 0.15) is 48.2 Å². The van der Waals surface area contributed by atoms with Gasteiger partial charge in [0, 0.05) is 24.0 Å². The molecule has 2 aromatic heterocycles. The fourth-order valence-electron chi connectivity index (χ4n) is 3.77. The Morgan fingerprint density at radius 1 is 1.27 bits per heavy atom. The normalized spacial score (nSPS) is 16.2. The highest BCUT2D eigenvalue weighted by Crippen LogP contribution is 2.31. The van der Waals surface area contributed by atoms with Crippen LogP contribution in [0.5, 0.6) is 0 Å². The highest BCUT2D eigenvalue weighted by Gasteiger charge is 2.33.